The van der Waals surface area contributed by atoms with Gasteiger partial charge in [0.2, 0.25) is 15.9 Å². The Labute approximate surface area is 230 Å². The van der Waals surface area contributed by atoms with E-state index >= 15 is 0 Å². The molecule has 1 saturated heterocycles. The summed E-state index contributed by atoms with van der Waals surface area (Å²) in [4.78, 5) is 26.1. The molecule has 9 heteroatoms. The van der Waals surface area contributed by atoms with E-state index in [2.05, 4.69) is 10.6 Å². The van der Waals surface area contributed by atoms with Gasteiger partial charge in [-0.05, 0) is 67.6 Å². The number of nitrogens with zero attached hydrogens (tertiary/aromatic N) is 1. The van der Waals surface area contributed by atoms with Crippen LogP contribution in [-0.2, 0) is 21.2 Å². The van der Waals surface area contributed by atoms with Crippen molar-refractivity contribution in [1.29, 1.82) is 0 Å². The van der Waals surface area contributed by atoms with E-state index in [-0.39, 0.29) is 35.6 Å². The molecule has 3 aromatic rings. The predicted molar refractivity (Wildman–Crippen MR) is 151 cm³/mol. The molecule has 1 fully saturated rings. The molecule has 0 spiro atoms. The number of carbonyl (C=O) groups excluding carboxylic acids is 2. The Morgan fingerprint density at radius 3 is 2.36 bits per heavy atom. The first kappa shape index (κ1) is 28.3. The number of methoxy groups -OCH3 is 1. The van der Waals surface area contributed by atoms with Crippen LogP contribution in [0.25, 0.3) is 0 Å². The fourth-order valence-electron chi connectivity index (χ4n) is 4.72. The molecular weight excluding hydrogens is 514 g/mol. The maximum atomic E-state index is 13.2. The van der Waals surface area contributed by atoms with Crippen LogP contribution in [0.4, 0.5) is 5.69 Å². The van der Waals surface area contributed by atoms with Crippen LogP contribution in [0.15, 0.2) is 77.7 Å². The molecular formula is C30H35N3O5S. The SMILES string of the molecule is COc1ccc(S(=O)(=O)N2CCCCC2)cc1CCC(=O)Nc1ccccc1C(=O)N[C@H](C)c1ccccc1. The van der Waals surface area contributed by atoms with Crippen molar-refractivity contribution in [3.8, 4) is 5.75 Å². The number of piperidine rings is 1. The van der Waals surface area contributed by atoms with Crippen molar-refractivity contribution in [1.82, 2.24) is 9.62 Å². The molecule has 1 aliphatic rings. The molecule has 206 valence electrons. The lowest BCUT2D eigenvalue weighted by molar-refractivity contribution is -0.116. The van der Waals surface area contributed by atoms with Gasteiger partial charge in [-0.15, -0.1) is 0 Å². The second-order valence-corrected chi connectivity index (χ2v) is 11.6. The van der Waals surface area contributed by atoms with Crippen molar-refractivity contribution in [3.05, 3.63) is 89.5 Å². The number of para-hydroxylation sites is 1. The van der Waals surface area contributed by atoms with Crippen molar-refractivity contribution in [3.63, 3.8) is 0 Å². The van der Waals surface area contributed by atoms with Crippen molar-refractivity contribution in [2.24, 2.45) is 0 Å². The summed E-state index contributed by atoms with van der Waals surface area (Å²) < 4.78 is 33.3. The summed E-state index contributed by atoms with van der Waals surface area (Å²) >= 11 is 0. The van der Waals surface area contributed by atoms with Crippen LogP contribution in [0.1, 0.15) is 60.1 Å². The maximum Gasteiger partial charge on any atom is 0.253 e. The van der Waals surface area contributed by atoms with Crippen molar-refractivity contribution >= 4 is 27.5 Å². The summed E-state index contributed by atoms with van der Waals surface area (Å²) in [6, 6.07) is 21.1. The molecule has 1 aliphatic heterocycles. The minimum absolute atomic E-state index is 0.0833. The Morgan fingerprint density at radius 2 is 1.64 bits per heavy atom. The first-order valence-electron chi connectivity index (χ1n) is 13.2. The zero-order chi connectivity index (χ0) is 27.8. The Bertz CT molecular complexity index is 1400. The van der Waals surface area contributed by atoms with Gasteiger partial charge in [0.05, 0.1) is 29.3 Å². The number of sulfonamides is 1. The van der Waals surface area contributed by atoms with Crippen LogP contribution in [-0.4, -0.2) is 44.7 Å². The number of ether oxygens (including phenoxy) is 1. The Balaban J connectivity index is 1.43. The van der Waals surface area contributed by atoms with E-state index < -0.39 is 10.0 Å². The lowest BCUT2D eigenvalue weighted by Gasteiger charge is -2.26. The molecule has 1 heterocycles. The maximum absolute atomic E-state index is 13.2. The van der Waals surface area contributed by atoms with Gasteiger partial charge in [0, 0.05) is 19.5 Å². The molecule has 0 radical (unpaired) electrons. The largest absolute Gasteiger partial charge is 0.496 e. The van der Waals surface area contributed by atoms with E-state index in [0.717, 1.165) is 24.8 Å². The second-order valence-electron chi connectivity index (χ2n) is 9.64. The number of amides is 2. The Kier molecular flexibility index (Phi) is 9.37. The van der Waals surface area contributed by atoms with Crippen molar-refractivity contribution in [2.45, 2.75) is 50.0 Å². The molecule has 0 aliphatic carbocycles. The minimum atomic E-state index is -3.61. The highest BCUT2D eigenvalue weighted by Crippen LogP contribution is 2.27. The molecule has 3 aromatic carbocycles. The van der Waals surface area contributed by atoms with E-state index in [1.807, 2.05) is 37.3 Å². The second kappa shape index (κ2) is 12.9. The minimum Gasteiger partial charge on any atom is -0.496 e. The molecule has 0 aromatic heterocycles. The van der Waals surface area contributed by atoms with Gasteiger partial charge in [0.1, 0.15) is 5.75 Å². The van der Waals surface area contributed by atoms with Crippen LogP contribution in [0.3, 0.4) is 0 Å². The van der Waals surface area contributed by atoms with Crippen LogP contribution < -0.4 is 15.4 Å². The molecule has 39 heavy (non-hydrogen) atoms. The van der Waals surface area contributed by atoms with E-state index in [1.165, 1.54) is 11.4 Å². The Hall–Kier alpha value is -3.69. The van der Waals surface area contributed by atoms with E-state index in [1.54, 1.807) is 42.5 Å². The topological polar surface area (TPSA) is 105 Å². The zero-order valence-electron chi connectivity index (χ0n) is 22.4. The van der Waals surface area contributed by atoms with Gasteiger partial charge in [0.25, 0.3) is 5.91 Å². The van der Waals surface area contributed by atoms with Gasteiger partial charge in [-0.25, -0.2) is 8.42 Å². The molecule has 2 N–H and O–H groups in total. The molecule has 0 unspecified atom stereocenters. The van der Waals surface area contributed by atoms with Gasteiger partial charge in [0.15, 0.2) is 0 Å². The predicted octanol–water partition coefficient (Wildman–Crippen LogP) is 4.93. The molecule has 1 atom stereocenters. The summed E-state index contributed by atoms with van der Waals surface area (Å²) in [5, 5.41) is 5.82. The lowest BCUT2D eigenvalue weighted by Crippen LogP contribution is -2.35. The smallest absolute Gasteiger partial charge is 0.253 e. The zero-order valence-corrected chi connectivity index (χ0v) is 23.2. The normalized spacial score (nSPS) is 14.8. The van der Waals surface area contributed by atoms with E-state index in [0.29, 0.717) is 35.7 Å². The summed E-state index contributed by atoms with van der Waals surface area (Å²) in [6.45, 7) is 2.94. The summed E-state index contributed by atoms with van der Waals surface area (Å²) in [5.74, 6) is -0.0627. The molecule has 0 bridgehead atoms. The molecule has 8 nitrogen and oxygen atoms in total. The fraction of sp³-hybridized carbons (Fsp3) is 0.333. The third-order valence-electron chi connectivity index (χ3n) is 6.92. The third kappa shape index (κ3) is 7.04. The summed E-state index contributed by atoms with van der Waals surface area (Å²) in [6.07, 6.45) is 3.10. The quantitative estimate of drug-likeness (QED) is 0.373. The first-order chi connectivity index (χ1) is 18.8. The van der Waals surface area contributed by atoms with Gasteiger partial charge in [-0.2, -0.15) is 4.31 Å². The van der Waals surface area contributed by atoms with Gasteiger partial charge < -0.3 is 15.4 Å². The van der Waals surface area contributed by atoms with Gasteiger partial charge >= 0.3 is 0 Å². The number of nitrogens with one attached hydrogen (secondary N) is 2. The van der Waals surface area contributed by atoms with Gasteiger partial charge in [-0.3, -0.25) is 9.59 Å². The highest BCUT2D eigenvalue weighted by molar-refractivity contribution is 7.89. The van der Waals surface area contributed by atoms with Crippen LogP contribution in [0, 0.1) is 0 Å². The molecule has 2 amide bonds. The third-order valence-corrected chi connectivity index (χ3v) is 8.81. The highest BCUT2D eigenvalue weighted by atomic mass is 32.2. The number of anilines is 1. The Morgan fingerprint density at radius 1 is 0.949 bits per heavy atom. The van der Waals surface area contributed by atoms with Crippen molar-refractivity contribution < 1.29 is 22.7 Å². The average molecular weight is 550 g/mol. The number of benzene rings is 3. The standard InChI is InChI=1S/C30H35N3O5S/c1-22(23-11-5-3-6-12-23)31-30(35)26-13-7-8-14-27(26)32-29(34)18-15-24-21-25(16-17-28(24)38-2)39(36,37)33-19-9-4-10-20-33/h3,5-8,11-14,16-17,21-22H,4,9-10,15,18-20H2,1-2H3,(H,31,35)(H,32,34)/t22-/m1/s1. The van der Waals surface area contributed by atoms with E-state index in [4.69, 9.17) is 4.74 Å². The number of hydrogen-bond donors (Lipinski definition) is 2. The lowest BCUT2D eigenvalue weighted by atomic mass is 10.1. The molecule has 0 saturated carbocycles. The summed E-state index contributed by atoms with van der Waals surface area (Å²) in [5.41, 5.74) is 2.38. The van der Waals surface area contributed by atoms with Crippen molar-refractivity contribution in [2.75, 3.05) is 25.5 Å². The number of rotatable bonds is 10. The van der Waals surface area contributed by atoms with Crippen LogP contribution >= 0.6 is 0 Å². The van der Waals surface area contributed by atoms with Gasteiger partial charge in [-0.1, -0.05) is 48.9 Å². The summed E-state index contributed by atoms with van der Waals surface area (Å²) in [7, 11) is -2.09. The first-order valence-corrected chi connectivity index (χ1v) is 14.7. The number of carbonyl (C=O) groups is 2. The molecule has 4 rings (SSSR count). The van der Waals surface area contributed by atoms with E-state index in [9.17, 15) is 18.0 Å². The highest BCUT2D eigenvalue weighted by Gasteiger charge is 2.27. The monoisotopic (exact) mass is 549 g/mol. The fourth-order valence-corrected chi connectivity index (χ4v) is 6.28. The van der Waals surface area contributed by atoms with Crippen LogP contribution in [0.2, 0.25) is 0 Å². The van der Waals surface area contributed by atoms with Crippen LogP contribution in [0.5, 0.6) is 5.75 Å². The number of aryl methyl sites for hydroxylation is 1. The number of hydrogen-bond acceptors (Lipinski definition) is 5. The average Bonchev–Trinajstić information content (AvgIpc) is 2.97.